The molecule has 2 aliphatic rings. The highest BCUT2D eigenvalue weighted by atomic mass is 28.4. The maximum atomic E-state index is 5.93. The van der Waals surface area contributed by atoms with Gasteiger partial charge in [0.1, 0.15) is 17.9 Å². The van der Waals surface area contributed by atoms with Crippen LogP contribution in [-0.4, -0.2) is 81.1 Å². The summed E-state index contributed by atoms with van der Waals surface area (Å²) in [5.41, 5.74) is -0.206. The molecule has 0 aromatic heterocycles. The van der Waals surface area contributed by atoms with Crippen molar-refractivity contribution in [2.45, 2.75) is 30.8 Å². The van der Waals surface area contributed by atoms with Crippen molar-refractivity contribution in [3.8, 4) is 0 Å². The summed E-state index contributed by atoms with van der Waals surface area (Å²) in [5, 5.41) is 0. The van der Waals surface area contributed by atoms with E-state index in [0.717, 1.165) is 26.1 Å². The summed E-state index contributed by atoms with van der Waals surface area (Å²) in [7, 11) is 1.99. The molecule has 0 radical (unpaired) electrons. The SMILES string of the molecule is CO[Si](OC)(OC)C(CCCOCC1CO1)OCC1CO1. The lowest BCUT2D eigenvalue weighted by molar-refractivity contribution is -0.000227. The van der Waals surface area contributed by atoms with Crippen LogP contribution in [0.15, 0.2) is 0 Å². The Labute approximate surface area is 127 Å². The van der Waals surface area contributed by atoms with Crippen molar-refractivity contribution in [3.63, 3.8) is 0 Å². The van der Waals surface area contributed by atoms with Crippen LogP contribution in [-0.2, 0) is 32.2 Å². The van der Waals surface area contributed by atoms with Crippen molar-refractivity contribution in [2.24, 2.45) is 0 Å². The smallest absolute Gasteiger partial charge is 0.379 e. The lowest BCUT2D eigenvalue weighted by atomic mass is 10.3. The second-order valence-corrected chi connectivity index (χ2v) is 8.24. The third-order valence-electron chi connectivity index (χ3n) is 3.59. The summed E-state index contributed by atoms with van der Waals surface area (Å²) in [4.78, 5) is 0. The molecule has 2 aliphatic heterocycles. The lowest BCUT2D eigenvalue weighted by Gasteiger charge is -2.32. The Morgan fingerprint density at radius 1 is 1.00 bits per heavy atom. The van der Waals surface area contributed by atoms with Crippen LogP contribution in [0.2, 0.25) is 0 Å². The molecule has 7 nitrogen and oxygen atoms in total. The van der Waals surface area contributed by atoms with E-state index in [0.29, 0.717) is 25.9 Å². The fourth-order valence-corrected chi connectivity index (χ4v) is 4.29. The van der Waals surface area contributed by atoms with Crippen molar-refractivity contribution in [1.29, 1.82) is 0 Å². The Balaban J connectivity index is 1.74. The van der Waals surface area contributed by atoms with E-state index in [9.17, 15) is 0 Å². The van der Waals surface area contributed by atoms with E-state index in [1.807, 2.05) is 0 Å². The largest absolute Gasteiger partial charge is 0.530 e. The second kappa shape index (κ2) is 8.54. The normalized spacial score (nSPS) is 25.9. The molecule has 0 aromatic carbocycles. The van der Waals surface area contributed by atoms with Crippen molar-refractivity contribution >= 4 is 8.80 Å². The molecular formula is C13H26O7Si. The number of epoxide rings is 2. The minimum atomic E-state index is -2.81. The van der Waals surface area contributed by atoms with Gasteiger partial charge in [0.25, 0.3) is 0 Å². The first kappa shape index (κ1) is 17.3. The molecule has 0 bridgehead atoms. The molecule has 0 aliphatic carbocycles. The highest BCUT2D eigenvalue weighted by molar-refractivity contribution is 6.62. The first-order chi connectivity index (χ1) is 10.2. The minimum Gasteiger partial charge on any atom is -0.379 e. The fraction of sp³-hybridized carbons (Fsp3) is 1.00. The minimum absolute atomic E-state index is 0.202. The third-order valence-corrected chi connectivity index (χ3v) is 6.55. The third kappa shape index (κ3) is 5.57. The maximum absolute atomic E-state index is 5.93. The number of hydrogen-bond donors (Lipinski definition) is 0. The average molecular weight is 322 g/mol. The molecular weight excluding hydrogens is 296 g/mol. The molecule has 3 unspecified atom stereocenters. The topological polar surface area (TPSA) is 71.2 Å². The highest BCUT2D eigenvalue weighted by Crippen LogP contribution is 2.22. The van der Waals surface area contributed by atoms with Gasteiger partial charge in [0.15, 0.2) is 0 Å². The molecule has 2 saturated heterocycles. The van der Waals surface area contributed by atoms with Crippen LogP contribution in [0.25, 0.3) is 0 Å². The van der Waals surface area contributed by atoms with Crippen LogP contribution in [0.1, 0.15) is 12.8 Å². The van der Waals surface area contributed by atoms with Gasteiger partial charge in [0.2, 0.25) is 0 Å². The van der Waals surface area contributed by atoms with Crippen LogP contribution in [0.5, 0.6) is 0 Å². The average Bonchev–Trinajstić information content (AvgIpc) is 3.39. The Morgan fingerprint density at radius 3 is 2.10 bits per heavy atom. The summed E-state index contributed by atoms with van der Waals surface area (Å²) in [6.07, 6.45) is 2.12. The predicted molar refractivity (Wildman–Crippen MR) is 76.1 cm³/mol. The molecule has 2 rings (SSSR count). The first-order valence-corrected chi connectivity index (χ1v) is 9.12. The first-order valence-electron chi connectivity index (χ1n) is 7.32. The van der Waals surface area contributed by atoms with Crippen molar-refractivity contribution in [1.82, 2.24) is 0 Å². The van der Waals surface area contributed by atoms with E-state index in [-0.39, 0.29) is 11.8 Å². The molecule has 0 amide bonds. The van der Waals surface area contributed by atoms with Crippen LogP contribution < -0.4 is 0 Å². The van der Waals surface area contributed by atoms with Crippen molar-refractivity contribution in [3.05, 3.63) is 0 Å². The van der Waals surface area contributed by atoms with E-state index in [1.165, 1.54) is 0 Å². The van der Waals surface area contributed by atoms with Gasteiger partial charge in [-0.1, -0.05) is 0 Å². The number of ether oxygens (including phenoxy) is 4. The molecule has 3 atom stereocenters. The van der Waals surface area contributed by atoms with Gasteiger partial charge in [-0.05, 0) is 12.8 Å². The van der Waals surface area contributed by atoms with Crippen LogP contribution >= 0.6 is 0 Å². The Bertz CT molecular complexity index is 284. The Hall–Kier alpha value is -0.0631. The fourth-order valence-electron chi connectivity index (χ4n) is 2.14. The molecule has 124 valence electrons. The second-order valence-electron chi connectivity index (χ2n) is 5.17. The molecule has 0 saturated carbocycles. The van der Waals surface area contributed by atoms with E-state index >= 15 is 0 Å². The van der Waals surface area contributed by atoms with E-state index < -0.39 is 8.80 Å². The van der Waals surface area contributed by atoms with Gasteiger partial charge >= 0.3 is 8.80 Å². The molecule has 0 aromatic rings. The van der Waals surface area contributed by atoms with Gasteiger partial charge in [0.05, 0.1) is 26.4 Å². The van der Waals surface area contributed by atoms with Gasteiger partial charge in [-0.3, -0.25) is 0 Å². The van der Waals surface area contributed by atoms with E-state index in [4.69, 9.17) is 32.2 Å². The summed E-state index contributed by atoms with van der Waals surface area (Å²) in [6, 6.07) is 0. The van der Waals surface area contributed by atoms with Crippen LogP contribution in [0, 0.1) is 0 Å². The summed E-state index contributed by atoms with van der Waals surface area (Å²) in [6.45, 7) is 3.47. The Morgan fingerprint density at radius 2 is 1.57 bits per heavy atom. The van der Waals surface area contributed by atoms with Crippen molar-refractivity contribution < 1.29 is 32.2 Å². The zero-order chi connectivity index (χ0) is 15.1. The maximum Gasteiger partial charge on any atom is 0.530 e. The molecule has 2 fully saturated rings. The molecule has 0 spiro atoms. The molecule has 21 heavy (non-hydrogen) atoms. The summed E-state index contributed by atoms with van der Waals surface area (Å²) >= 11 is 0. The van der Waals surface area contributed by atoms with Crippen molar-refractivity contribution in [2.75, 3.05) is 54.4 Å². The molecule has 8 heteroatoms. The zero-order valence-corrected chi connectivity index (χ0v) is 14.0. The Kier molecular flexibility index (Phi) is 7.03. The zero-order valence-electron chi connectivity index (χ0n) is 13.0. The number of hydrogen-bond acceptors (Lipinski definition) is 7. The van der Waals surface area contributed by atoms with Gasteiger partial charge in [-0.15, -0.1) is 0 Å². The molecule has 0 N–H and O–H groups in total. The summed E-state index contributed by atoms with van der Waals surface area (Å²) < 4.78 is 38.3. The number of rotatable bonds is 13. The van der Waals surface area contributed by atoms with Crippen LogP contribution in [0.3, 0.4) is 0 Å². The standard InChI is InChI=1S/C13H26O7Si/c1-14-21(15-2,16-3)13(20-10-12-9-19-12)5-4-6-17-7-11-8-18-11/h11-13H,4-10H2,1-3H3. The van der Waals surface area contributed by atoms with Gasteiger partial charge in [-0.2, -0.15) is 0 Å². The predicted octanol–water partition coefficient (Wildman–Crippen LogP) is 0.383. The monoisotopic (exact) mass is 322 g/mol. The summed E-state index contributed by atoms with van der Waals surface area (Å²) in [5.74, 6) is 0. The highest BCUT2D eigenvalue weighted by Gasteiger charge is 2.48. The van der Waals surface area contributed by atoms with Gasteiger partial charge < -0.3 is 32.2 Å². The van der Waals surface area contributed by atoms with Crippen LogP contribution in [0.4, 0.5) is 0 Å². The van der Waals surface area contributed by atoms with E-state index in [1.54, 1.807) is 21.3 Å². The van der Waals surface area contributed by atoms with E-state index in [2.05, 4.69) is 0 Å². The van der Waals surface area contributed by atoms with Gasteiger partial charge in [0, 0.05) is 27.9 Å². The lowest BCUT2D eigenvalue weighted by Crippen LogP contribution is -2.56. The molecule has 2 heterocycles. The van der Waals surface area contributed by atoms with Gasteiger partial charge in [-0.25, -0.2) is 0 Å². The quantitative estimate of drug-likeness (QED) is 0.276.